The average Bonchev–Trinajstić information content (AvgIpc) is 3.07. The summed E-state index contributed by atoms with van der Waals surface area (Å²) in [5.74, 6) is 1.66. The van der Waals surface area contributed by atoms with Gasteiger partial charge >= 0.3 is 0 Å². The van der Waals surface area contributed by atoms with Crippen LogP contribution >= 0.6 is 11.8 Å². The van der Waals surface area contributed by atoms with Crippen LogP contribution in [0.3, 0.4) is 0 Å². The minimum atomic E-state index is -3.51. The van der Waals surface area contributed by atoms with Gasteiger partial charge < -0.3 is 9.30 Å². The third-order valence-corrected chi connectivity index (χ3v) is 6.69. The van der Waals surface area contributed by atoms with Gasteiger partial charge in [0.15, 0.2) is 15.0 Å². The quantitative estimate of drug-likeness (QED) is 0.276. The van der Waals surface area contributed by atoms with Gasteiger partial charge in [-0.25, -0.2) is 8.42 Å². The Balaban J connectivity index is 1.67. The van der Waals surface area contributed by atoms with Crippen molar-refractivity contribution in [2.24, 2.45) is 0 Å². The summed E-state index contributed by atoms with van der Waals surface area (Å²) in [5.41, 5.74) is 1.01. The van der Waals surface area contributed by atoms with Crippen molar-refractivity contribution in [3.8, 4) is 5.75 Å². The summed E-state index contributed by atoms with van der Waals surface area (Å²) < 4.78 is 33.0. The van der Waals surface area contributed by atoms with E-state index >= 15 is 0 Å². The van der Waals surface area contributed by atoms with Gasteiger partial charge in [-0.15, -0.1) is 16.8 Å². The van der Waals surface area contributed by atoms with Gasteiger partial charge in [-0.3, -0.25) is 0 Å². The number of thioether (sulfide) groups is 1. The van der Waals surface area contributed by atoms with Gasteiger partial charge in [-0.2, -0.15) is 0 Å². The number of hydrogen-bond donors (Lipinski definition) is 0. The van der Waals surface area contributed by atoms with Crippen LogP contribution in [0, 0.1) is 6.92 Å². The van der Waals surface area contributed by atoms with Crippen molar-refractivity contribution in [1.82, 2.24) is 14.8 Å². The van der Waals surface area contributed by atoms with Crippen LogP contribution < -0.4 is 4.74 Å². The minimum absolute atomic E-state index is 0.210. The average molecular weight is 430 g/mol. The van der Waals surface area contributed by atoms with Crippen molar-refractivity contribution in [3.05, 3.63) is 78.6 Å². The maximum absolute atomic E-state index is 12.8. The van der Waals surface area contributed by atoms with Crippen LogP contribution in [0.15, 0.2) is 77.3 Å². The van der Waals surface area contributed by atoms with Gasteiger partial charge in [-0.05, 0) is 31.2 Å². The molecule has 0 saturated heterocycles. The number of benzene rings is 2. The van der Waals surface area contributed by atoms with Gasteiger partial charge in [-0.1, -0.05) is 53.7 Å². The number of nitrogens with zero attached hydrogens (tertiary/aromatic N) is 3. The number of para-hydroxylation sites is 1. The molecule has 1 aromatic heterocycles. The van der Waals surface area contributed by atoms with Crippen molar-refractivity contribution in [1.29, 1.82) is 0 Å². The fraction of sp³-hybridized carbons (Fsp3) is 0.238. The van der Waals surface area contributed by atoms with Crippen LogP contribution in [0.25, 0.3) is 0 Å². The molecule has 0 fully saturated rings. The van der Waals surface area contributed by atoms with Crippen LogP contribution in [-0.4, -0.2) is 35.5 Å². The van der Waals surface area contributed by atoms with Crippen molar-refractivity contribution < 1.29 is 13.2 Å². The van der Waals surface area contributed by atoms with Gasteiger partial charge in [0.25, 0.3) is 0 Å². The van der Waals surface area contributed by atoms with Crippen LogP contribution in [0.2, 0.25) is 0 Å². The molecule has 3 rings (SSSR count). The topological polar surface area (TPSA) is 74.1 Å². The van der Waals surface area contributed by atoms with Gasteiger partial charge in [0, 0.05) is 12.3 Å². The predicted octanol–water partition coefficient (Wildman–Crippen LogP) is 3.92. The standard InChI is InChI=1S/C21H23N3O3S2/c1-3-13-24-20(16-29(25,26)19-11-9-17(2)10-12-19)22-23-21(24)28-15-14-27-18-7-5-4-6-8-18/h3-12H,1,13-16H2,2H3. The Morgan fingerprint density at radius 2 is 1.83 bits per heavy atom. The summed E-state index contributed by atoms with van der Waals surface area (Å²) in [4.78, 5) is 0.279. The summed E-state index contributed by atoms with van der Waals surface area (Å²) in [6.45, 7) is 6.62. The smallest absolute Gasteiger partial charge is 0.191 e. The van der Waals surface area contributed by atoms with E-state index in [-0.39, 0.29) is 10.6 Å². The molecule has 0 radical (unpaired) electrons. The summed E-state index contributed by atoms with van der Waals surface area (Å²) in [6.07, 6.45) is 1.70. The van der Waals surface area contributed by atoms with Crippen molar-refractivity contribution >= 4 is 21.6 Å². The first-order chi connectivity index (χ1) is 14.0. The molecule has 29 heavy (non-hydrogen) atoms. The van der Waals surface area contributed by atoms with E-state index in [4.69, 9.17) is 4.74 Å². The van der Waals surface area contributed by atoms with E-state index in [0.29, 0.717) is 29.9 Å². The van der Waals surface area contributed by atoms with Crippen LogP contribution in [-0.2, 0) is 22.1 Å². The van der Waals surface area contributed by atoms with Crippen molar-refractivity contribution in [3.63, 3.8) is 0 Å². The molecule has 0 saturated carbocycles. The number of rotatable bonds is 10. The highest BCUT2D eigenvalue weighted by Crippen LogP contribution is 2.21. The van der Waals surface area contributed by atoms with Crippen molar-refractivity contribution in [2.45, 2.75) is 29.3 Å². The number of aryl methyl sites for hydroxylation is 1. The van der Waals surface area contributed by atoms with Gasteiger partial charge in [0.1, 0.15) is 17.3 Å². The Kier molecular flexibility index (Phi) is 7.11. The maximum Gasteiger partial charge on any atom is 0.191 e. The molecule has 6 nitrogen and oxygen atoms in total. The molecule has 0 unspecified atom stereocenters. The molecule has 0 N–H and O–H groups in total. The van der Waals surface area contributed by atoms with Crippen LogP contribution in [0.5, 0.6) is 5.75 Å². The lowest BCUT2D eigenvalue weighted by atomic mass is 10.2. The Hall–Kier alpha value is -2.58. The highest BCUT2D eigenvalue weighted by molar-refractivity contribution is 7.99. The third-order valence-electron chi connectivity index (χ3n) is 4.13. The lowest BCUT2D eigenvalue weighted by Crippen LogP contribution is -2.12. The second kappa shape index (κ2) is 9.76. The maximum atomic E-state index is 12.8. The minimum Gasteiger partial charge on any atom is -0.493 e. The molecule has 0 aliphatic heterocycles. The first-order valence-corrected chi connectivity index (χ1v) is 11.8. The normalized spacial score (nSPS) is 11.3. The van der Waals surface area contributed by atoms with E-state index in [9.17, 15) is 8.42 Å². The van der Waals surface area contributed by atoms with Gasteiger partial charge in [0.2, 0.25) is 0 Å². The lowest BCUT2D eigenvalue weighted by molar-refractivity contribution is 0.344. The SMILES string of the molecule is C=CCn1c(CS(=O)(=O)c2ccc(C)cc2)nnc1SCCOc1ccccc1. The molecule has 3 aromatic rings. The molecule has 0 spiro atoms. The number of aromatic nitrogens is 3. The van der Waals surface area contributed by atoms with E-state index in [1.54, 1.807) is 34.9 Å². The van der Waals surface area contributed by atoms with E-state index in [1.807, 2.05) is 37.3 Å². The summed E-state index contributed by atoms with van der Waals surface area (Å²) in [5, 5.41) is 8.95. The number of ether oxygens (including phenoxy) is 1. The molecule has 8 heteroatoms. The highest BCUT2D eigenvalue weighted by Gasteiger charge is 2.21. The van der Waals surface area contributed by atoms with E-state index in [0.717, 1.165) is 11.3 Å². The van der Waals surface area contributed by atoms with Crippen molar-refractivity contribution in [2.75, 3.05) is 12.4 Å². The monoisotopic (exact) mass is 429 g/mol. The molecule has 152 valence electrons. The number of allylic oxidation sites excluding steroid dienone is 1. The predicted molar refractivity (Wildman–Crippen MR) is 115 cm³/mol. The van der Waals surface area contributed by atoms with Crippen LogP contribution in [0.4, 0.5) is 0 Å². The molecule has 0 atom stereocenters. The van der Waals surface area contributed by atoms with E-state index < -0.39 is 9.84 Å². The zero-order chi connectivity index (χ0) is 20.7. The first kappa shape index (κ1) is 21.1. The highest BCUT2D eigenvalue weighted by atomic mass is 32.2. The fourth-order valence-corrected chi connectivity index (χ4v) is 4.71. The zero-order valence-corrected chi connectivity index (χ0v) is 17.8. The Labute approximate surface area is 175 Å². The fourth-order valence-electron chi connectivity index (χ4n) is 2.65. The largest absolute Gasteiger partial charge is 0.493 e. The molecule has 0 bridgehead atoms. The Morgan fingerprint density at radius 3 is 2.52 bits per heavy atom. The summed E-state index contributed by atoms with van der Waals surface area (Å²) in [6, 6.07) is 16.4. The second-order valence-corrected chi connectivity index (χ2v) is 9.43. The molecule has 1 heterocycles. The van der Waals surface area contributed by atoms with E-state index in [2.05, 4.69) is 16.8 Å². The van der Waals surface area contributed by atoms with Crippen LogP contribution in [0.1, 0.15) is 11.4 Å². The molecule has 2 aromatic carbocycles. The number of hydrogen-bond acceptors (Lipinski definition) is 6. The number of sulfone groups is 1. The molecule has 0 aliphatic carbocycles. The first-order valence-electron chi connectivity index (χ1n) is 9.12. The molecule has 0 aliphatic rings. The lowest BCUT2D eigenvalue weighted by Gasteiger charge is -2.09. The summed E-state index contributed by atoms with van der Waals surface area (Å²) >= 11 is 1.47. The molecule has 0 amide bonds. The molecular formula is C21H23N3O3S2. The third kappa shape index (κ3) is 5.71. The Morgan fingerprint density at radius 1 is 1.10 bits per heavy atom. The van der Waals surface area contributed by atoms with E-state index in [1.165, 1.54) is 11.8 Å². The second-order valence-electron chi connectivity index (χ2n) is 6.38. The Bertz CT molecular complexity index is 1050. The summed E-state index contributed by atoms with van der Waals surface area (Å²) in [7, 11) is -3.51. The zero-order valence-electron chi connectivity index (χ0n) is 16.2. The molecular weight excluding hydrogens is 406 g/mol. The van der Waals surface area contributed by atoms with Gasteiger partial charge in [0.05, 0.1) is 11.5 Å².